The molecule has 1 saturated heterocycles. The summed E-state index contributed by atoms with van der Waals surface area (Å²) in [6.07, 6.45) is 3.98. The van der Waals surface area contributed by atoms with Crippen molar-refractivity contribution in [2.75, 3.05) is 6.61 Å². The van der Waals surface area contributed by atoms with Crippen LogP contribution in [0, 0.1) is 5.92 Å². The Morgan fingerprint density at radius 3 is 2.95 bits per heavy atom. The summed E-state index contributed by atoms with van der Waals surface area (Å²) in [5, 5.41) is 8.27. The van der Waals surface area contributed by atoms with E-state index in [-0.39, 0.29) is 12.1 Å². The standard InChI is InChI=1S/C15H21N5O/c1-2-14-12(8-9-21-14)15(18-16)13-10-17-19-20(13)11-6-4-3-5-7-11/h3-7,10,12,14-15,18H,2,8-9,16H2,1H3. The second kappa shape index (κ2) is 6.34. The number of aromatic nitrogens is 3. The van der Waals surface area contributed by atoms with Crippen molar-refractivity contribution in [3.8, 4) is 5.69 Å². The molecule has 3 atom stereocenters. The van der Waals surface area contributed by atoms with Gasteiger partial charge < -0.3 is 4.74 Å². The molecule has 0 saturated carbocycles. The molecular formula is C15H21N5O. The number of ether oxygens (including phenoxy) is 1. The molecule has 1 aliphatic heterocycles. The van der Waals surface area contributed by atoms with Crippen LogP contribution in [0.2, 0.25) is 0 Å². The van der Waals surface area contributed by atoms with E-state index in [1.807, 2.05) is 35.0 Å². The van der Waals surface area contributed by atoms with Gasteiger partial charge in [-0.25, -0.2) is 4.68 Å². The minimum atomic E-state index is -0.0207. The van der Waals surface area contributed by atoms with Crippen LogP contribution in [0.1, 0.15) is 31.5 Å². The predicted octanol–water partition coefficient (Wildman–Crippen LogP) is 1.59. The Morgan fingerprint density at radius 2 is 2.24 bits per heavy atom. The Labute approximate surface area is 124 Å². The summed E-state index contributed by atoms with van der Waals surface area (Å²) in [6, 6.07) is 9.95. The zero-order valence-electron chi connectivity index (χ0n) is 12.1. The second-order valence-corrected chi connectivity index (χ2v) is 5.32. The lowest BCUT2D eigenvalue weighted by Gasteiger charge is -2.26. The minimum Gasteiger partial charge on any atom is -0.378 e. The Hall–Kier alpha value is -1.76. The van der Waals surface area contributed by atoms with E-state index in [1.165, 1.54) is 0 Å². The molecule has 1 aliphatic rings. The molecule has 0 spiro atoms. The summed E-state index contributed by atoms with van der Waals surface area (Å²) in [4.78, 5) is 0. The number of nitrogens with zero attached hydrogens (tertiary/aromatic N) is 3. The molecule has 1 aromatic heterocycles. The lowest BCUT2D eigenvalue weighted by molar-refractivity contribution is 0.0766. The van der Waals surface area contributed by atoms with Crippen molar-refractivity contribution in [2.24, 2.45) is 11.8 Å². The highest BCUT2D eigenvalue weighted by Crippen LogP contribution is 2.34. The summed E-state index contributed by atoms with van der Waals surface area (Å²) < 4.78 is 7.64. The van der Waals surface area contributed by atoms with Crippen LogP contribution in [0.3, 0.4) is 0 Å². The summed E-state index contributed by atoms with van der Waals surface area (Å²) >= 11 is 0. The van der Waals surface area contributed by atoms with Gasteiger partial charge in [0.25, 0.3) is 0 Å². The number of para-hydroxylation sites is 1. The van der Waals surface area contributed by atoms with E-state index in [0.29, 0.717) is 5.92 Å². The molecule has 1 fully saturated rings. The Kier molecular flexibility index (Phi) is 4.28. The van der Waals surface area contributed by atoms with Crippen molar-refractivity contribution < 1.29 is 4.74 Å². The first-order valence-corrected chi connectivity index (χ1v) is 7.39. The van der Waals surface area contributed by atoms with Gasteiger partial charge in [0.15, 0.2) is 0 Å². The maximum absolute atomic E-state index is 5.83. The van der Waals surface area contributed by atoms with Crippen molar-refractivity contribution in [2.45, 2.75) is 31.9 Å². The van der Waals surface area contributed by atoms with Gasteiger partial charge in [0.2, 0.25) is 0 Å². The summed E-state index contributed by atoms with van der Waals surface area (Å²) in [5.74, 6) is 6.17. The smallest absolute Gasteiger partial charge is 0.0832 e. The molecule has 0 bridgehead atoms. The molecule has 6 nitrogen and oxygen atoms in total. The normalized spacial score (nSPS) is 23.3. The maximum Gasteiger partial charge on any atom is 0.0832 e. The SMILES string of the molecule is CCC1OCCC1C(NN)c1cnnn1-c1ccccc1. The predicted molar refractivity (Wildman–Crippen MR) is 79.6 cm³/mol. The fourth-order valence-corrected chi connectivity index (χ4v) is 3.12. The first-order chi connectivity index (χ1) is 10.3. The molecule has 2 heterocycles. The largest absolute Gasteiger partial charge is 0.378 e. The van der Waals surface area contributed by atoms with Gasteiger partial charge in [-0.1, -0.05) is 30.3 Å². The third kappa shape index (κ3) is 2.70. The first-order valence-electron chi connectivity index (χ1n) is 7.39. The number of hydrogen-bond acceptors (Lipinski definition) is 5. The van der Waals surface area contributed by atoms with Gasteiger partial charge in [0.05, 0.1) is 29.7 Å². The van der Waals surface area contributed by atoms with Crippen LogP contribution >= 0.6 is 0 Å². The van der Waals surface area contributed by atoms with E-state index in [2.05, 4.69) is 22.7 Å². The van der Waals surface area contributed by atoms with E-state index in [4.69, 9.17) is 10.6 Å². The zero-order chi connectivity index (χ0) is 14.7. The van der Waals surface area contributed by atoms with Gasteiger partial charge in [-0.15, -0.1) is 5.10 Å². The van der Waals surface area contributed by atoms with E-state index in [1.54, 1.807) is 6.20 Å². The van der Waals surface area contributed by atoms with Crippen LogP contribution in [0.25, 0.3) is 5.69 Å². The molecule has 3 N–H and O–H groups in total. The summed E-state index contributed by atoms with van der Waals surface area (Å²) in [7, 11) is 0. The maximum atomic E-state index is 5.83. The van der Waals surface area contributed by atoms with Crippen LogP contribution in [-0.4, -0.2) is 27.7 Å². The number of rotatable bonds is 5. The third-order valence-corrected chi connectivity index (χ3v) is 4.17. The number of benzene rings is 1. The van der Waals surface area contributed by atoms with Gasteiger partial charge in [-0.05, 0) is 25.0 Å². The average Bonchev–Trinajstić information content (AvgIpc) is 3.18. The second-order valence-electron chi connectivity index (χ2n) is 5.32. The van der Waals surface area contributed by atoms with Crippen molar-refractivity contribution >= 4 is 0 Å². The zero-order valence-corrected chi connectivity index (χ0v) is 12.1. The lowest BCUT2D eigenvalue weighted by Crippen LogP contribution is -2.38. The van der Waals surface area contributed by atoms with Crippen LogP contribution in [0.15, 0.2) is 36.5 Å². The Balaban J connectivity index is 1.94. The molecular weight excluding hydrogens is 266 g/mol. The van der Waals surface area contributed by atoms with Crippen molar-refractivity contribution in [3.05, 3.63) is 42.2 Å². The van der Waals surface area contributed by atoms with Crippen LogP contribution in [0.4, 0.5) is 0 Å². The van der Waals surface area contributed by atoms with E-state index < -0.39 is 0 Å². The van der Waals surface area contributed by atoms with Gasteiger partial charge in [0, 0.05) is 12.5 Å². The molecule has 6 heteroatoms. The molecule has 112 valence electrons. The average molecular weight is 287 g/mol. The number of nitrogens with two attached hydrogens (primary N) is 1. The lowest BCUT2D eigenvalue weighted by atomic mass is 9.89. The van der Waals surface area contributed by atoms with E-state index >= 15 is 0 Å². The highest BCUT2D eigenvalue weighted by Gasteiger charge is 2.36. The fourth-order valence-electron chi connectivity index (χ4n) is 3.12. The summed E-state index contributed by atoms with van der Waals surface area (Å²) in [6.45, 7) is 2.93. The topological polar surface area (TPSA) is 78.0 Å². The molecule has 21 heavy (non-hydrogen) atoms. The molecule has 0 radical (unpaired) electrons. The summed E-state index contributed by atoms with van der Waals surface area (Å²) in [5.41, 5.74) is 4.89. The van der Waals surface area contributed by atoms with Crippen LogP contribution < -0.4 is 11.3 Å². The molecule has 2 aromatic rings. The van der Waals surface area contributed by atoms with Gasteiger partial charge >= 0.3 is 0 Å². The number of nitrogens with one attached hydrogen (secondary N) is 1. The fraction of sp³-hybridized carbons (Fsp3) is 0.467. The van der Waals surface area contributed by atoms with E-state index in [0.717, 1.165) is 30.8 Å². The van der Waals surface area contributed by atoms with Crippen LogP contribution in [-0.2, 0) is 4.74 Å². The molecule has 0 aliphatic carbocycles. The van der Waals surface area contributed by atoms with Gasteiger partial charge in [0.1, 0.15) is 0 Å². The molecule has 3 unspecified atom stereocenters. The highest BCUT2D eigenvalue weighted by molar-refractivity contribution is 5.32. The van der Waals surface area contributed by atoms with Crippen molar-refractivity contribution in [1.82, 2.24) is 20.4 Å². The van der Waals surface area contributed by atoms with Crippen molar-refractivity contribution in [1.29, 1.82) is 0 Å². The quantitative estimate of drug-likeness (QED) is 0.645. The van der Waals surface area contributed by atoms with Gasteiger partial charge in [-0.2, -0.15) is 0 Å². The Morgan fingerprint density at radius 1 is 1.43 bits per heavy atom. The first kappa shape index (κ1) is 14.2. The minimum absolute atomic E-state index is 0.0207. The molecule has 3 rings (SSSR count). The van der Waals surface area contributed by atoms with Crippen LogP contribution in [0.5, 0.6) is 0 Å². The molecule has 1 aromatic carbocycles. The van der Waals surface area contributed by atoms with Crippen molar-refractivity contribution in [3.63, 3.8) is 0 Å². The molecule has 0 amide bonds. The monoisotopic (exact) mass is 287 g/mol. The van der Waals surface area contributed by atoms with E-state index in [9.17, 15) is 0 Å². The highest BCUT2D eigenvalue weighted by atomic mass is 16.5. The number of hydrazine groups is 1. The number of hydrogen-bond donors (Lipinski definition) is 2. The Bertz CT molecular complexity index is 570. The van der Waals surface area contributed by atoms with Gasteiger partial charge in [-0.3, -0.25) is 11.3 Å². The third-order valence-electron chi connectivity index (χ3n) is 4.17.